The zero-order valence-electron chi connectivity index (χ0n) is 10.1. The van der Waals surface area contributed by atoms with Gasteiger partial charge in [0.2, 0.25) is 0 Å². The lowest BCUT2D eigenvalue weighted by atomic mass is 10.2. The normalized spacial score (nSPS) is 10.3. The summed E-state index contributed by atoms with van der Waals surface area (Å²) in [5, 5.41) is 0. The molecule has 0 unspecified atom stereocenters. The van der Waals surface area contributed by atoms with Crippen molar-refractivity contribution >= 4 is 18.2 Å². The number of carbonyl (C=O) groups excluding carboxylic acids is 1. The fourth-order valence-corrected chi connectivity index (χ4v) is 1.96. The van der Waals surface area contributed by atoms with Gasteiger partial charge in [0, 0.05) is 6.20 Å². The number of aromatic amines is 1. The first-order chi connectivity index (χ1) is 8.72. The van der Waals surface area contributed by atoms with Gasteiger partial charge in [0.1, 0.15) is 6.54 Å². The molecule has 0 aliphatic carbocycles. The van der Waals surface area contributed by atoms with Gasteiger partial charge < -0.3 is 14.3 Å². The summed E-state index contributed by atoms with van der Waals surface area (Å²) >= 11 is 5.18. The summed E-state index contributed by atoms with van der Waals surface area (Å²) in [4.78, 5) is 14.5. The van der Waals surface area contributed by atoms with Crippen molar-refractivity contribution < 1.29 is 9.53 Å². The lowest BCUT2D eigenvalue weighted by Gasteiger charge is -2.07. The van der Waals surface area contributed by atoms with E-state index in [0.29, 0.717) is 11.4 Å². The highest BCUT2D eigenvalue weighted by molar-refractivity contribution is 7.71. The third kappa shape index (κ3) is 2.68. The molecule has 0 bridgehead atoms. The standard InChI is InChI=1S/C13H14N2O2S/c1-2-17-12(16)9-15-11(8-14-13(15)18)10-6-4-3-5-7-10/h3-8H,2,9H2,1H3,(H,14,18). The third-order valence-electron chi connectivity index (χ3n) is 2.53. The molecule has 2 rings (SSSR count). The van der Waals surface area contributed by atoms with Gasteiger partial charge in [-0.3, -0.25) is 4.79 Å². The van der Waals surface area contributed by atoms with Crippen LogP contribution in [-0.2, 0) is 16.1 Å². The number of nitrogens with one attached hydrogen (secondary N) is 1. The van der Waals surface area contributed by atoms with Crippen molar-refractivity contribution in [2.24, 2.45) is 0 Å². The maximum absolute atomic E-state index is 11.5. The number of imidazole rings is 1. The number of ether oxygens (including phenoxy) is 1. The molecule has 0 atom stereocenters. The molecule has 0 radical (unpaired) electrons. The van der Waals surface area contributed by atoms with Crippen LogP contribution in [0.25, 0.3) is 11.3 Å². The predicted octanol–water partition coefficient (Wildman–Crippen LogP) is 2.78. The Morgan fingerprint density at radius 1 is 1.39 bits per heavy atom. The van der Waals surface area contributed by atoms with E-state index in [9.17, 15) is 4.79 Å². The zero-order valence-corrected chi connectivity index (χ0v) is 10.9. The van der Waals surface area contributed by atoms with Gasteiger partial charge in [0.25, 0.3) is 0 Å². The molecule has 4 nitrogen and oxygen atoms in total. The van der Waals surface area contributed by atoms with Crippen molar-refractivity contribution in [3.63, 3.8) is 0 Å². The Hall–Kier alpha value is -1.88. The summed E-state index contributed by atoms with van der Waals surface area (Å²) in [5.74, 6) is -0.287. The van der Waals surface area contributed by atoms with Crippen molar-refractivity contribution in [3.05, 3.63) is 41.3 Å². The van der Waals surface area contributed by atoms with E-state index in [2.05, 4.69) is 4.98 Å². The van der Waals surface area contributed by atoms with Gasteiger partial charge in [-0.1, -0.05) is 30.3 Å². The molecule has 0 aliphatic rings. The third-order valence-corrected chi connectivity index (χ3v) is 2.87. The van der Waals surface area contributed by atoms with E-state index < -0.39 is 0 Å². The summed E-state index contributed by atoms with van der Waals surface area (Å²) in [7, 11) is 0. The Morgan fingerprint density at radius 3 is 2.78 bits per heavy atom. The first kappa shape index (κ1) is 12.6. The molecule has 0 fully saturated rings. The second-order valence-electron chi connectivity index (χ2n) is 3.74. The van der Waals surface area contributed by atoms with Crippen LogP contribution >= 0.6 is 12.2 Å². The molecule has 0 saturated carbocycles. The van der Waals surface area contributed by atoms with Gasteiger partial charge in [-0.25, -0.2) is 0 Å². The number of H-pyrrole nitrogens is 1. The van der Waals surface area contributed by atoms with Gasteiger partial charge in [0.05, 0.1) is 12.3 Å². The molecular weight excluding hydrogens is 248 g/mol. The number of rotatable bonds is 4. The second kappa shape index (κ2) is 5.64. The van der Waals surface area contributed by atoms with Gasteiger partial charge in [-0.05, 0) is 24.7 Å². The smallest absolute Gasteiger partial charge is 0.326 e. The van der Waals surface area contributed by atoms with Crippen LogP contribution in [-0.4, -0.2) is 22.1 Å². The van der Waals surface area contributed by atoms with Crippen LogP contribution in [0.1, 0.15) is 6.92 Å². The molecule has 0 amide bonds. The number of benzene rings is 1. The monoisotopic (exact) mass is 262 g/mol. The van der Waals surface area contributed by atoms with E-state index in [-0.39, 0.29) is 12.5 Å². The number of carbonyl (C=O) groups is 1. The first-order valence-corrected chi connectivity index (χ1v) is 6.12. The molecule has 18 heavy (non-hydrogen) atoms. The van der Waals surface area contributed by atoms with Crippen LogP contribution in [0.5, 0.6) is 0 Å². The van der Waals surface area contributed by atoms with Crippen molar-refractivity contribution in [1.29, 1.82) is 0 Å². The van der Waals surface area contributed by atoms with Gasteiger partial charge in [0.15, 0.2) is 4.77 Å². The topological polar surface area (TPSA) is 47.0 Å². The summed E-state index contributed by atoms with van der Waals surface area (Å²) in [6, 6.07) is 9.78. The lowest BCUT2D eigenvalue weighted by Crippen LogP contribution is -2.14. The number of hydrogen-bond acceptors (Lipinski definition) is 3. The Kier molecular flexibility index (Phi) is 3.94. The molecule has 1 heterocycles. The summed E-state index contributed by atoms with van der Waals surface area (Å²) < 4.78 is 7.20. The maximum Gasteiger partial charge on any atom is 0.326 e. The van der Waals surface area contributed by atoms with Crippen molar-refractivity contribution in [2.45, 2.75) is 13.5 Å². The van der Waals surface area contributed by atoms with Gasteiger partial charge in [-0.2, -0.15) is 0 Å². The fourth-order valence-electron chi connectivity index (χ4n) is 1.74. The highest BCUT2D eigenvalue weighted by Crippen LogP contribution is 2.19. The number of nitrogens with zero attached hydrogens (tertiary/aromatic N) is 1. The fraction of sp³-hybridized carbons (Fsp3) is 0.231. The second-order valence-corrected chi connectivity index (χ2v) is 4.12. The molecular formula is C13H14N2O2S. The van der Waals surface area contributed by atoms with Gasteiger partial charge >= 0.3 is 5.97 Å². The average molecular weight is 262 g/mol. The van der Waals surface area contributed by atoms with Crippen LogP contribution in [0.2, 0.25) is 0 Å². The lowest BCUT2D eigenvalue weighted by molar-refractivity contribution is -0.143. The number of hydrogen-bond donors (Lipinski definition) is 1. The van der Waals surface area contributed by atoms with Crippen LogP contribution < -0.4 is 0 Å². The molecule has 1 aromatic heterocycles. The molecule has 0 aliphatic heterocycles. The van der Waals surface area contributed by atoms with E-state index in [1.54, 1.807) is 17.7 Å². The molecule has 5 heteroatoms. The van der Waals surface area contributed by atoms with E-state index >= 15 is 0 Å². The van der Waals surface area contributed by atoms with Crippen molar-refractivity contribution in [1.82, 2.24) is 9.55 Å². The Morgan fingerprint density at radius 2 is 2.11 bits per heavy atom. The number of aromatic nitrogens is 2. The van der Waals surface area contributed by atoms with Crippen LogP contribution in [0.15, 0.2) is 36.5 Å². The van der Waals surface area contributed by atoms with Gasteiger partial charge in [-0.15, -0.1) is 0 Å². The van der Waals surface area contributed by atoms with E-state index in [1.165, 1.54) is 0 Å². The molecule has 94 valence electrons. The number of esters is 1. The Balaban J connectivity index is 2.34. The first-order valence-electron chi connectivity index (χ1n) is 5.71. The van der Waals surface area contributed by atoms with Crippen LogP contribution in [0, 0.1) is 4.77 Å². The molecule has 1 N–H and O–H groups in total. The summed E-state index contributed by atoms with van der Waals surface area (Å²) in [6.45, 7) is 2.28. The molecule has 0 saturated heterocycles. The predicted molar refractivity (Wildman–Crippen MR) is 71.7 cm³/mol. The summed E-state index contributed by atoms with van der Waals surface area (Å²) in [5.41, 5.74) is 1.89. The highest BCUT2D eigenvalue weighted by atomic mass is 32.1. The minimum Gasteiger partial charge on any atom is -0.465 e. The average Bonchev–Trinajstić information content (AvgIpc) is 2.73. The minimum absolute atomic E-state index is 0.125. The van der Waals surface area contributed by atoms with Crippen molar-refractivity contribution in [2.75, 3.05) is 6.61 Å². The largest absolute Gasteiger partial charge is 0.465 e. The maximum atomic E-state index is 11.5. The highest BCUT2D eigenvalue weighted by Gasteiger charge is 2.10. The van der Waals surface area contributed by atoms with E-state index in [4.69, 9.17) is 17.0 Å². The Bertz CT molecular complexity index is 587. The Labute approximate surface area is 110 Å². The van der Waals surface area contributed by atoms with Crippen molar-refractivity contribution in [3.8, 4) is 11.3 Å². The van der Waals surface area contributed by atoms with E-state index in [0.717, 1.165) is 11.3 Å². The molecule has 1 aromatic carbocycles. The molecule has 2 aromatic rings. The SMILES string of the molecule is CCOC(=O)Cn1c(-c2ccccc2)c[nH]c1=S. The quantitative estimate of drug-likeness (QED) is 0.681. The van der Waals surface area contributed by atoms with Crippen LogP contribution in [0.4, 0.5) is 0 Å². The van der Waals surface area contributed by atoms with Crippen LogP contribution in [0.3, 0.4) is 0 Å². The zero-order chi connectivity index (χ0) is 13.0. The van der Waals surface area contributed by atoms with E-state index in [1.807, 2.05) is 30.3 Å². The summed E-state index contributed by atoms with van der Waals surface area (Å²) in [6.07, 6.45) is 1.80. The minimum atomic E-state index is -0.287. The molecule has 0 spiro atoms.